The first-order chi connectivity index (χ1) is 14.2. The molecule has 0 saturated heterocycles. The molecule has 0 unspecified atom stereocenters. The molecule has 1 heterocycles. The van der Waals surface area contributed by atoms with Crippen molar-refractivity contribution >= 4 is 32.6 Å². The maximum Gasteiger partial charge on any atom is 0.264 e. The van der Waals surface area contributed by atoms with Crippen LogP contribution in [0.1, 0.15) is 15.9 Å². The second-order valence-corrected chi connectivity index (χ2v) is 7.39. The fourth-order valence-corrected chi connectivity index (χ4v) is 4.13. The van der Waals surface area contributed by atoms with Crippen molar-refractivity contribution in [3.05, 3.63) is 83.9 Å². The highest BCUT2D eigenvalue weighted by Crippen LogP contribution is 2.35. The molecule has 3 aromatic carbocycles. The number of carbonyl (C=O) groups is 1. The second kappa shape index (κ2) is 8.32. The molecule has 4 aromatic rings. The van der Waals surface area contributed by atoms with Crippen molar-refractivity contribution < 1.29 is 14.3 Å². The van der Waals surface area contributed by atoms with E-state index in [-0.39, 0.29) is 5.91 Å². The van der Waals surface area contributed by atoms with Crippen molar-refractivity contribution in [3.8, 4) is 11.5 Å². The Labute approximate surface area is 173 Å². The SMILES string of the molecule is COc1cccc(C(=O)N(Cc2ccccc2)c2nc3ccccc3s2)c1OC. The first kappa shape index (κ1) is 19.0. The fraction of sp³-hybridized carbons (Fsp3) is 0.130. The zero-order chi connectivity index (χ0) is 20.2. The Morgan fingerprint density at radius 2 is 1.69 bits per heavy atom. The zero-order valence-electron chi connectivity index (χ0n) is 16.2. The fourth-order valence-electron chi connectivity index (χ4n) is 3.17. The van der Waals surface area contributed by atoms with E-state index < -0.39 is 0 Å². The number of amides is 1. The minimum absolute atomic E-state index is 0.191. The molecule has 0 N–H and O–H groups in total. The van der Waals surface area contributed by atoms with Crippen molar-refractivity contribution in [1.29, 1.82) is 0 Å². The molecule has 1 amide bonds. The van der Waals surface area contributed by atoms with Crippen LogP contribution in [-0.2, 0) is 6.54 Å². The number of hydrogen-bond acceptors (Lipinski definition) is 5. The Bertz CT molecular complexity index is 1110. The number of para-hydroxylation sites is 2. The number of fused-ring (bicyclic) bond motifs is 1. The molecule has 0 aliphatic rings. The number of aromatic nitrogens is 1. The van der Waals surface area contributed by atoms with Gasteiger partial charge in [0.05, 0.1) is 36.5 Å². The zero-order valence-corrected chi connectivity index (χ0v) is 17.0. The van der Waals surface area contributed by atoms with Crippen LogP contribution in [0.15, 0.2) is 72.8 Å². The molecule has 0 aliphatic carbocycles. The van der Waals surface area contributed by atoms with Gasteiger partial charge in [0.15, 0.2) is 16.6 Å². The van der Waals surface area contributed by atoms with Crippen LogP contribution >= 0.6 is 11.3 Å². The van der Waals surface area contributed by atoms with Gasteiger partial charge in [0.1, 0.15) is 0 Å². The molecule has 29 heavy (non-hydrogen) atoms. The number of anilines is 1. The normalized spacial score (nSPS) is 10.7. The summed E-state index contributed by atoms with van der Waals surface area (Å²) < 4.78 is 11.9. The predicted molar refractivity (Wildman–Crippen MR) is 116 cm³/mol. The molecule has 6 heteroatoms. The van der Waals surface area contributed by atoms with Crippen molar-refractivity contribution in [2.75, 3.05) is 19.1 Å². The number of methoxy groups -OCH3 is 2. The topological polar surface area (TPSA) is 51.7 Å². The summed E-state index contributed by atoms with van der Waals surface area (Å²) in [6.07, 6.45) is 0. The quantitative estimate of drug-likeness (QED) is 0.445. The number of ether oxygens (including phenoxy) is 2. The summed E-state index contributed by atoms with van der Waals surface area (Å²) in [5.74, 6) is 0.741. The van der Waals surface area contributed by atoms with Gasteiger partial charge >= 0.3 is 0 Å². The minimum atomic E-state index is -0.191. The Balaban J connectivity index is 1.81. The predicted octanol–water partition coefficient (Wildman–Crippen LogP) is 5.16. The largest absolute Gasteiger partial charge is 0.493 e. The summed E-state index contributed by atoms with van der Waals surface area (Å²) in [5, 5.41) is 0.643. The maximum absolute atomic E-state index is 13.6. The van der Waals surface area contributed by atoms with E-state index in [4.69, 9.17) is 14.5 Å². The highest BCUT2D eigenvalue weighted by atomic mass is 32.1. The third kappa shape index (κ3) is 3.79. The number of hydrogen-bond donors (Lipinski definition) is 0. The number of carbonyl (C=O) groups excluding carboxylic acids is 1. The van der Waals surface area contributed by atoms with Crippen molar-refractivity contribution in [1.82, 2.24) is 4.98 Å². The van der Waals surface area contributed by atoms with Crippen LogP contribution in [0, 0.1) is 0 Å². The van der Waals surface area contributed by atoms with Gasteiger partial charge in [-0.3, -0.25) is 9.69 Å². The third-order valence-electron chi connectivity index (χ3n) is 4.58. The van der Waals surface area contributed by atoms with Gasteiger partial charge in [-0.1, -0.05) is 59.9 Å². The van der Waals surface area contributed by atoms with Gasteiger partial charge < -0.3 is 9.47 Å². The highest BCUT2D eigenvalue weighted by Gasteiger charge is 2.25. The van der Waals surface area contributed by atoms with Crippen LogP contribution in [0.4, 0.5) is 5.13 Å². The van der Waals surface area contributed by atoms with Gasteiger partial charge in [-0.25, -0.2) is 4.98 Å². The van der Waals surface area contributed by atoms with E-state index >= 15 is 0 Å². The summed E-state index contributed by atoms with van der Waals surface area (Å²) in [6, 6.07) is 23.0. The molecule has 0 atom stereocenters. The molecule has 0 radical (unpaired) electrons. The molecule has 0 saturated carbocycles. The Morgan fingerprint density at radius 3 is 2.41 bits per heavy atom. The minimum Gasteiger partial charge on any atom is -0.493 e. The number of nitrogens with zero attached hydrogens (tertiary/aromatic N) is 2. The summed E-state index contributed by atoms with van der Waals surface area (Å²) in [5.41, 5.74) is 2.32. The van der Waals surface area contributed by atoms with E-state index in [0.717, 1.165) is 15.8 Å². The number of thiazole rings is 1. The molecule has 0 bridgehead atoms. The van der Waals surface area contributed by atoms with E-state index in [9.17, 15) is 4.79 Å². The Kier molecular flexibility index (Phi) is 5.44. The average molecular weight is 404 g/mol. The lowest BCUT2D eigenvalue weighted by Crippen LogP contribution is -2.30. The first-order valence-electron chi connectivity index (χ1n) is 9.13. The van der Waals surface area contributed by atoms with Gasteiger partial charge in [-0.05, 0) is 29.8 Å². The van der Waals surface area contributed by atoms with E-state index in [2.05, 4.69) is 0 Å². The summed E-state index contributed by atoms with van der Waals surface area (Å²) >= 11 is 1.49. The molecule has 0 spiro atoms. The van der Waals surface area contributed by atoms with Gasteiger partial charge in [-0.2, -0.15) is 0 Å². The molecule has 5 nitrogen and oxygen atoms in total. The van der Waals surface area contributed by atoms with Gasteiger partial charge in [0.25, 0.3) is 5.91 Å². The molecule has 0 fully saturated rings. The lowest BCUT2D eigenvalue weighted by Gasteiger charge is -2.22. The van der Waals surface area contributed by atoms with Crippen LogP contribution in [0.5, 0.6) is 11.5 Å². The van der Waals surface area contributed by atoms with Crippen molar-refractivity contribution in [3.63, 3.8) is 0 Å². The van der Waals surface area contributed by atoms with Crippen LogP contribution in [0.3, 0.4) is 0 Å². The maximum atomic E-state index is 13.6. The average Bonchev–Trinajstić information content (AvgIpc) is 3.21. The highest BCUT2D eigenvalue weighted by molar-refractivity contribution is 7.22. The van der Waals surface area contributed by atoms with Gasteiger partial charge in [-0.15, -0.1) is 0 Å². The van der Waals surface area contributed by atoms with Crippen molar-refractivity contribution in [2.45, 2.75) is 6.54 Å². The number of rotatable bonds is 6. The first-order valence-corrected chi connectivity index (χ1v) is 9.95. The van der Waals surface area contributed by atoms with Crippen LogP contribution in [-0.4, -0.2) is 25.1 Å². The van der Waals surface area contributed by atoms with Crippen LogP contribution in [0.25, 0.3) is 10.2 Å². The molecule has 0 aliphatic heterocycles. The molecule has 1 aromatic heterocycles. The Hall–Kier alpha value is -3.38. The smallest absolute Gasteiger partial charge is 0.264 e. The van der Waals surface area contributed by atoms with E-state index in [1.54, 1.807) is 30.2 Å². The van der Waals surface area contributed by atoms with E-state index in [1.807, 2.05) is 54.6 Å². The van der Waals surface area contributed by atoms with Gasteiger partial charge in [0.2, 0.25) is 0 Å². The Morgan fingerprint density at radius 1 is 0.931 bits per heavy atom. The standard InChI is InChI=1S/C23H20N2O3S/c1-27-19-13-8-11-17(21(19)28-2)22(26)25(15-16-9-4-3-5-10-16)23-24-18-12-6-7-14-20(18)29-23/h3-14H,15H2,1-2H3. The summed E-state index contributed by atoms with van der Waals surface area (Å²) in [7, 11) is 3.09. The summed E-state index contributed by atoms with van der Waals surface area (Å²) in [6.45, 7) is 0.403. The molecular weight excluding hydrogens is 384 g/mol. The summed E-state index contributed by atoms with van der Waals surface area (Å²) in [4.78, 5) is 20.0. The van der Waals surface area contributed by atoms with Gasteiger partial charge in [0, 0.05) is 0 Å². The molecular formula is C23H20N2O3S. The third-order valence-corrected chi connectivity index (χ3v) is 5.63. The second-order valence-electron chi connectivity index (χ2n) is 6.38. The molecule has 146 valence electrons. The van der Waals surface area contributed by atoms with E-state index in [1.165, 1.54) is 18.4 Å². The monoisotopic (exact) mass is 404 g/mol. The number of benzene rings is 3. The lowest BCUT2D eigenvalue weighted by atomic mass is 10.1. The van der Waals surface area contributed by atoms with Crippen LogP contribution < -0.4 is 14.4 Å². The molecule has 4 rings (SSSR count). The lowest BCUT2D eigenvalue weighted by molar-refractivity contribution is 0.0981. The van der Waals surface area contributed by atoms with Crippen molar-refractivity contribution in [2.24, 2.45) is 0 Å². The van der Waals surface area contributed by atoms with E-state index in [0.29, 0.717) is 28.7 Å². The van der Waals surface area contributed by atoms with Crippen LogP contribution in [0.2, 0.25) is 0 Å².